The van der Waals surface area contributed by atoms with Gasteiger partial charge in [0.05, 0.1) is 7.11 Å². The summed E-state index contributed by atoms with van der Waals surface area (Å²) in [5.74, 6) is 0.902. The minimum Gasteiger partial charge on any atom is -0.496 e. The average molecular weight is 318 g/mol. The molecule has 1 amide bonds. The fourth-order valence-electron chi connectivity index (χ4n) is 2.13. The van der Waals surface area contributed by atoms with Crippen LogP contribution in [0.15, 0.2) is 28.8 Å². The first kappa shape index (κ1) is 17.0. The molecule has 23 heavy (non-hydrogen) atoms. The molecule has 0 saturated carbocycles. The average Bonchev–Trinajstić information content (AvgIpc) is 2.97. The lowest BCUT2D eigenvalue weighted by Gasteiger charge is -2.22. The summed E-state index contributed by atoms with van der Waals surface area (Å²) in [4.78, 5) is 16.7. The molecule has 0 radical (unpaired) electrons. The molecule has 0 spiro atoms. The lowest BCUT2D eigenvalue weighted by Crippen LogP contribution is -2.40. The van der Waals surface area contributed by atoms with Crippen LogP contribution in [0.1, 0.15) is 37.2 Å². The van der Waals surface area contributed by atoms with E-state index in [1.165, 1.54) is 0 Å². The second-order valence-electron chi connectivity index (χ2n) is 5.50. The van der Waals surface area contributed by atoms with Gasteiger partial charge in [-0.15, -0.1) is 0 Å². The van der Waals surface area contributed by atoms with E-state index in [0.29, 0.717) is 17.5 Å². The highest BCUT2D eigenvalue weighted by atomic mass is 16.5. The summed E-state index contributed by atoms with van der Waals surface area (Å²) in [6.07, 6.45) is 0. The Balaban J connectivity index is 2.39. The normalized spacial score (nSPS) is 14.8. The Morgan fingerprint density at radius 3 is 2.61 bits per heavy atom. The molecule has 1 aromatic carbocycles. The van der Waals surface area contributed by atoms with Gasteiger partial charge in [-0.25, -0.2) is 0 Å². The van der Waals surface area contributed by atoms with Crippen LogP contribution in [0.5, 0.6) is 5.75 Å². The van der Waals surface area contributed by atoms with Crippen molar-refractivity contribution in [1.29, 1.82) is 0 Å². The predicted molar refractivity (Wildman–Crippen MR) is 84.8 cm³/mol. The maximum absolute atomic E-state index is 12.4. The second kappa shape index (κ2) is 7.23. The number of nitrogens with one attached hydrogen (secondary N) is 1. The Labute approximate surface area is 135 Å². The number of rotatable bonds is 6. The molecule has 3 atom stereocenters. The number of nitrogens with two attached hydrogens (primary N) is 1. The molecule has 0 bridgehead atoms. The molecule has 124 valence electrons. The molecular weight excluding hydrogens is 296 g/mol. The molecule has 3 N–H and O–H groups in total. The number of hydrogen-bond acceptors (Lipinski definition) is 6. The van der Waals surface area contributed by atoms with Crippen LogP contribution < -0.4 is 15.8 Å². The minimum absolute atomic E-state index is 0.182. The first-order valence-electron chi connectivity index (χ1n) is 7.43. The summed E-state index contributed by atoms with van der Waals surface area (Å²) >= 11 is 0. The Kier molecular flexibility index (Phi) is 5.33. The number of para-hydroxylation sites is 1. The number of amides is 1. The lowest BCUT2D eigenvalue weighted by molar-refractivity contribution is -0.125. The van der Waals surface area contributed by atoms with Crippen LogP contribution in [0, 0.1) is 12.8 Å². The highest BCUT2D eigenvalue weighted by molar-refractivity contribution is 5.79. The van der Waals surface area contributed by atoms with Crippen LogP contribution in [0.4, 0.5) is 0 Å². The van der Waals surface area contributed by atoms with Gasteiger partial charge in [-0.05, 0) is 13.0 Å². The Bertz CT molecular complexity index is 669. The van der Waals surface area contributed by atoms with Crippen molar-refractivity contribution in [3.05, 3.63) is 41.5 Å². The maximum Gasteiger partial charge on any atom is 0.225 e. The number of aryl methyl sites for hydroxylation is 1. The number of methoxy groups -OCH3 is 1. The predicted octanol–water partition coefficient (Wildman–Crippen LogP) is 1.58. The SMILES string of the molecule is COc1ccccc1C(NC(=O)C(C)C(C)N)c1noc(C)n1. The number of aromatic nitrogens is 2. The number of hydrogen-bond donors (Lipinski definition) is 2. The van der Waals surface area contributed by atoms with E-state index >= 15 is 0 Å². The third-order valence-corrected chi connectivity index (χ3v) is 3.74. The largest absolute Gasteiger partial charge is 0.496 e. The van der Waals surface area contributed by atoms with E-state index < -0.39 is 6.04 Å². The highest BCUT2D eigenvalue weighted by Gasteiger charge is 2.27. The summed E-state index contributed by atoms with van der Waals surface area (Å²) in [5.41, 5.74) is 6.57. The van der Waals surface area contributed by atoms with E-state index in [4.69, 9.17) is 15.0 Å². The van der Waals surface area contributed by atoms with Gasteiger partial charge < -0.3 is 20.3 Å². The summed E-state index contributed by atoms with van der Waals surface area (Å²) < 4.78 is 10.4. The van der Waals surface area contributed by atoms with E-state index in [0.717, 1.165) is 5.56 Å². The van der Waals surface area contributed by atoms with E-state index in [1.807, 2.05) is 24.3 Å². The van der Waals surface area contributed by atoms with Gasteiger partial charge >= 0.3 is 0 Å². The van der Waals surface area contributed by atoms with Crippen molar-refractivity contribution in [3.63, 3.8) is 0 Å². The molecule has 7 nitrogen and oxygen atoms in total. The first-order valence-corrected chi connectivity index (χ1v) is 7.43. The summed E-state index contributed by atoms with van der Waals surface area (Å²) in [6, 6.07) is 6.55. The van der Waals surface area contributed by atoms with Crippen LogP contribution in [0.25, 0.3) is 0 Å². The Hall–Kier alpha value is -2.41. The number of benzene rings is 1. The standard InChI is InChI=1S/C16H22N4O3/c1-9(10(2)17)16(21)19-14(15-18-11(3)23-20-15)12-7-5-6-8-13(12)22-4/h5-10,14H,17H2,1-4H3,(H,19,21). The fraction of sp³-hybridized carbons (Fsp3) is 0.438. The Morgan fingerprint density at radius 2 is 2.04 bits per heavy atom. The molecule has 7 heteroatoms. The number of carbonyl (C=O) groups is 1. The van der Waals surface area contributed by atoms with Crippen molar-refractivity contribution in [2.75, 3.05) is 7.11 Å². The van der Waals surface area contributed by atoms with Crippen molar-refractivity contribution >= 4 is 5.91 Å². The van der Waals surface area contributed by atoms with Crippen molar-refractivity contribution in [2.45, 2.75) is 32.9 Å². The monoisotopic (exact) mass is 318 g/mol. The van der Waals surface area contributed by atoms with Gasteiger partial charge in [-0.3, -0.25) is 4.79 Å². The smallest absolute Gasteiger partial charge is 0.225 e. The van der Waals surface area contributed by atoms with E-state index in [2.05, 4.69) is 15.5 Å². The molecule has 3 unspecified atom stereocenters. The summed E-state index contributed by atoms with van der Waals surface area (Å²) in [5, 5.41) is 6.87. The quantitative estimate of drug-likeness (QED) is 0.838. The Morgan fingerprint density at radius 1 is 1.35 bits per heavy atom. The topological polar surface area (TPSA) is 103 Å². The van der Waals surface area contributed by atoms with Gasteiger partial charge in [0.25, 0.3) is 0 Å². The van der Waals surface area contributed by atoms with E-state index in [-0.39, 0.29) is 17.9 Å². The number of nitrogens with zero attached hydrogens (tertiary/aromatic N) is 2. The van der Waals surface area contributed by atoms with Crippen LogP contribution in [0.2, 0.25) is 0 Å². The third kappa shape index (κ3) is 3.87. The first-order chi connectivity index (χ1) is 10.9. The van der Waals surface area contributed by atoms with Gasteiger partial charge in [0.15, 0.2) is 5.82 Å². The summed E-state index contributed by atoms with van der Waals surface area (Å²) in [7, 11) is 1.57. The molecular formula is C16H22N4O3. The molecule has 0 aliphatic heterocycles. The molecule has 0 aliphatic rings. The van der Waals surface area contributed by atoms with E-state index in [9.17, 15) is 4.79 Å². The molecule has 0 aliphatic carbocycles. The van der Waals surface area contributed by atoms with Gasteiger partial charge in [0.1, 0.15) is 11.8 Å². The zero-order valence-corrected chi connectivity index (χ0v) is 13.7. The van der Waals surface area contributed by atoms with Crippen LogP contribution >= 0.6 is 0 Å². The van der Waals surface area contributed by atoms with Gasteiger partial charge in [0, 0.05) is 24.4 Å². The zero-order valence-electron chi connectivity index (χ0n) is 13.7. The van der Waals surface area contributed by atoms with Crippen molar-refractivity contribution in [1.82, 2.24) is 15.5 Å². The second-order valence-corrected chi connectivity index (χ2v) is 5.50. The van der Waals surface area contributed by atoms with Crippen LogP contribution in [-0.4, -0.2) is 29.2 Å². The molecule has 1 heterocycles. The fourth-order valence-corrected chi connectivity index (χ4v) is 2.13. The highest BCUT2D eigenvalue weighted by Crippen LogP contribution is 2.28. The molecule has 2 aromatic rings. The molecule has 0 saturated heterocycles. The number of ether oxygens (including phenoxy) is 1. The minimum atomic E-state index is -0.572. The molecule has 0 fully saturated rings. The number of carbonyl (C=O) groups excluding carboxylic acids is 1. The van der Waals surface area contributed by atoms with Gasteiger partial charge in [-0.1, -0.05) is 30.3 Å². The van der Waals surface area contributed by atoms with Crippen LogP contribution in [0.3, 0.4) is 0 Å². The molecule has 2 rings (SSSR count). The van der Waals surface area contributed by atoms with Crippen LogP contribution in [-0.2, 0) is 4.79 Å². The van der Waals surface area contributed by atoms with Crippen molar-refractivity contribution in [2.24, 2.45) is 11.7 Å². The summed E-state index contributed by atoms with van der Waals surface area (Å²) in [6.45, 7) is 5.27. The van der Waals surface area contributed by atoms with Gasteiger partial charge in [0.2, 0.25) is 11.8 Å². The van der Waals surface area contributed by atoms with Gasteiger partial charge in [-0.2, -0.15) is 4.98 Å². The third-order valence-electron chi connectivity index (χ3n) is 3.74. The van der Waals surface area contributed by atoms with Crippen molar-refractivity contribution in [3.8, 4) is 5.75 Å². The lowest BCUT2D eigenvalue weighted by atomic mass is 10.0. The van der Waals surface area contributed by atoms with Crippen molar-refractivity contribution < 1.29 is 14.1 Å². The zero-order chi connectivity index (χ0) is 17.0. The molecule has 1 aromatic heterocycles. The maximum atomic E-state index is 12.4. The van der Waals surface area contributed by atoms with E-state index in [1.54, 1.807) is 27.9 Å².